The Morgan fingerprint density at radius 3 is 2.68 bits per heavy atom. The molecule has 2 rings (SSSR count). The Bertz CT molecular complexity index is 390. The lowest BCUT2D eigenvalue weighted by molar-refractivity contribution is 0.0767. The highest BCUT2D eigenvalue weighted by molar-refractivity contribution is 5.85. The van der Waals surface area contributed by atoms with Gasteiger partial charge in [0, 0.05) is 19.1 Å². The molecule has 1 fully saturated rings. The average Bonchev–Trinajstić information content (AvgIpc) is 2.36. The lowest BCUT2D eigenvalue weighted by Gasteiger charge is -2.33. The van der Waals surface area contributed by atoms with Crippen molar-refractivity contribution >= 4 is 18.5 Å². The van der Waals surface area contributed by atoms with Crippen LogP contribution < -0.4 is 5.73 Å². The minimum atomic E-state index is -0.263. The van der Waals surface area contributed by atoms with Gasteiger partial charge in [-0.2, -0.15) is 0 Å². The van der Waals surface area contributed by atoms with Gasteiger partial charge in [-0.1, -0.05) is 37.3 Å². The predicted molar refractivity (Wildman–Crippen MR) is 77.2 cm³/mol. The van der Waals surface area contributed by atoms with E-state index in [0.29, 0.717) is 19.1 Å². The number of hydrogen-bond donors (Lipinski definition) is 1. The highest BCUT2D eigenvalue weighted by atomic mass is 35.5. The first kappa shape index (κ1) is 15.8. The summed E-state index contributed by atoms with van der Waals surface area (Å²) in [4.78, 5) is 13.6. The van der Waals surface area contributed by atoms with E-state index in [0.717, 1.165) is 18.5 Å². The quantitative estimate of drug-likeness (QED) is 0.907. The van der Waals surface area contributed by atoms with Gasteiger partial charge in [-0.3, -0.25) is 0 Å². The number of amides is 1. The van der Waals surface area contributed by atoms with Crippen LogP contribution in [0.25, 0.3) is 0 Å². The van der Waals surface area contributed by atoms with Gasteiger partial charge in [-0.15, -0.1) is 12.4 Å². The SMILES string of the molecule is C[C@H]1C[C@@H](N)CN(C(=O)OCc2ccccc2)C1.Cl. The van der Waals surface area contributed by atoms with Gasteiger partial charge in [0.2, 0.25) is 0 Å². The zero-order chi connectivity index (χ0) is 13.0. The Kier molecular flexibility index (Phi) is 6.12. The topological polar surface area (TPSA) is 55.6 Å². The highest BCUT2D eigenvalue weighted by Gasteiger charge is 2.26. The van der Waals surface area contributed by atoms with Gasteiger partial charge in [-0.05, 0) is 17.9 Å². The Hall–Kier alpha value is -1.26. The summed E-state index contributed by atoms with van der Waals surface area (Å²) in [6.07, 6.45) is 0.712. The Morgan fingerprint density at radius 2 is 2.05 bits per heavy atom. The summed E-state index contributed by atoms with van der Waals surface area (Å²) in [7, 11) is 0. The van der Waals surface area contributed by atoms with E-state index < -0.39 is 0 Å². The molecular weight excluding hydrogens is 264 g/mol. The van der Waals surface area contributed by atoms with Crippen molar-refractivity contribution in [1.82, 2.24) is 4.90 Å². The smallest absolute Gasteiger partial charge is 0.410 e. The summed E-state index contributed by atoms with van der Waals surface area (Å²) in [6.45, 7) is 3.76. The molecule has 1 aromatic rings. The zero-order valence-corrected chi connectivity index (χ0v) is 11.9. The van der Waals surface area contributed by atoms with Crippen molar-refractivity contribution in [3.63, 3.8) is 0 Å². The van der Waals surface area contributed by atoms with E-state index in [2.05, 4.69) is 6.92 Å². The second-order valence-corrected chi connectivity index (χ2v) is 5.05. The number of piperidine rings is 1. The van der Waals surface area contributed by atoms with Crippen LogP contribution in [0.3, 0.4) is 0 Å². The van der Waals surface area contributed by atoms with Crippen LogP contribution in [-0.2, 0) is 11.3 Å². The van der Waals surface area contributed by atoms with Crippen molar-refractivity contribution in [2.45, 2.75) is 26.0 Å². The number of carbonyl (C=O) groups is 1. The van der Waals surface area contributed by atoms with E-state index in [-0.39, 0.29) is 24.5 Å². The second-order valence-electron chi connectivity index (χ2n) is 5.05. The van der Waals surface area contributed by atoms with Crippen LogP contribution in [0.15, 0.2) is 30.3 Å². The van der Waals surface area contributed by atoms with Gasteiger partial charge in [0.15, 0.2) is 0 Å². The van der Waals surface area contributed by atoms with Crippen molar-refractivity contribution in [2.75, 3.05) is 13.1 Å². The third kappa shape index (κ3) is 4.73. The molecule has 2 N–H and O–H groups in total. The molecule has 1 aliphatic heterocycles. The maximum Gasteiger partial charge on any atom is 0.410 e. The molecule has 5 heteroatoms. The molecule has 0 aliphatic carbocycles. The molecule has 1 amide bonds. The molecule has 19 heavy (non-hydrogen) atoms. The summed E-state index contributed by atoms with van der Waals surface area (Å²) in [6, 6.07) is 9.76. The fourth-order valence-corrected chi connectivity index (χ4v) is 2.36. The van der Waals surface area contributed by atoms with Crippen LogP contribution >= 0.6 is 12.4 Å². The van der Waals surface area contributed by atoms with Crippen LogP contribution in [0.2, 0.25) is 0 Å². The molecule has 1 aromatic carbocycles. The first-order valence-electron chi connectivity index (χ1n) is 6.36. The standard InChI is InChI=1S/C14H20N2O2.ClH/c1-11-7-13(15)9-16(8-11)14(17)18-10-12-5-3-2-4-6-12;/h2-6,11,13H,7-10,15H2,1H3;1H/t11-,13+;/m0./s1. The Labute approximate surface area is 120 Å². The largest absolute Gasteiger partial charge is 0.445 e. The number of nitrogens with two attached hydrogens (primary N) is 1. The molecule has 1 heterocycles. The van der Waals surface area contributed by atoms with E-state index >= 15 is 0 Å². The maximum absolute atomic E-state index is 11.9. The summed E-state index contributed by atoms with van der Waals surface area (Å²) >= 11 is 0. The molecule has 0 bridgehead atoms. The molecule has 106 valence electrons. The number of ether oxygens (including phenoxy) is 1. The van der Waals surface area contributed by atoms with Crippen molar-refractivity contribution in [2.24, 2.45) is 11.7 Å². The monoisotopic (exact) mass is 284 g/mol. The van der Waals surface area contributed by atoms with Gasteiger partial charge in [0.05, 0.1) is 0 Å². The van der Waals surface area contributed by atoms with Crippen molar-refractivity contribution in [3.8, 4) is 0 Å². The fraction of sp³-hybridized carbons (Fsp3) is 0.500. The summed E-state index contributed by atoms with van der Waals surface area (Å²) in [5, 5.41) is 0. The van der Waals surface area contributed by atoms with E-state index in [1.165, 1.54) is 0 Å². The van der Waals surface area contributed by atoms with E-state index in [1.54, 1.807) is 4.90 Å². The summed E-state index contributed by atoms with van der Waals surface area (Å²) in [5.74, 6) is 0.443. The number of likely N-dealkylation sites (tertiary alicyclic amines) is 1. The molecule has 0 unspecified atom stereocenters. The third-order valence-corrected chi connectivity index (χ3v) is 3.16. The van der Waals surface area contributed by atoms with Crippen LogP contribution in [0, 0.1) is 5.92 Å². The van der Waals surface area contributed by atoms with Crippen LogP contribution in [0.1, 0.15) is 18.9 Å². The van der Waals surface area contributed by atoms with E-state index in [4.69, 9.17) is 10.5 Å². The average molecular weight is 285 g/mol. The molecule has 4 nitrogen and oxygen atoms in total. The number of rotatable bonds is 2. The van der Waals surface area contributed by atoms with E-state index in [1.807, 2.05) is 30.3 Å². The van der Waals surface area contributed by atoms with Gasteiger partial charge in [0.25, 0.3) is 0 Å². The van der Waals surface area contributed by atoms with Gasteiger partial charge in [-0.25, -0.2) is 4.79 Å². The van der Waals surface area contributed by atoms with E-state index in [9.17, 15) is 4.79 Å². The van der Waals surface area contributed by atoms with Crippen LogP contribution in [-0.4, -0.2) is 30.1 Å². The lowest BCUT2D eigenvalue weighted by atomic mass is 9.97. The normalized spacial score (nSPS) is 22.5. The summed E-state index contributed by atoms with van der Waals surface area (Å²) in [5.41, 5.74) is 6.91. The molecule has 2 atom stereocenters. The number of halogens is 1. The summed E-state index contributed by atoms with van der Waals surface area (Å²) < 4.78 is 5.30. The molecular formula is C14H21ClN2O2. The minimum absolute atomic E-state index is 0. The minimum Gasteiger partial charge on any atom is -0.445 e. The molecule has 0 saturated carbocycles. The lowest BCUT2D eigenvalue weighted by Crippen LogP contribution is -2.48. The Balaban J connectivity index is 0.00000180. The van der Waals surface area contributed by atoms with Crippen LogP contribution in [0.5, 0.6) is 0 Å². The molecule has 0 radical (unpaired) electrons. The number of nitrogens with zero attached hydrogens (tertiary/aromatic N) is 1. The highest BCUT2D eigenvalue weighted by Crippen LogP contribution is 2.16. The molecule has 1 saturated heterocycles. The maximum atomic E-state index is 11.9. The zero-order valence-electron chi connectivity index (χ0n) is 11.1. The Morgan fingerprint density at radius 1 is 1.37 bits per heavy atom. The van der Waals surface area contributed by atoms with Crippen molar-refractivity contribution in [3.05, 3.63) is 35.9 Å². The first-order chi connectivity index (χ1) is 8.65. The predicted octanol–water partition coefficient (Wildman–Crippen LogP) is 2.41. The van der Waals surface area contributed by atoms with Gasteiger partial charge < -0.3 is 15.4 Å². The fourth-order valence-electron chi connectivity index (χ4n) is 2.36. The molecule has 0 spiro atoms. The second kappa shape index (κ2) is 7.36. The number of carbonyl (C=O) groups excluding carboxylic acids is 1. The third-order valence-electron chi connectivity index (χ3n) is 3.16. The first-order valence-corrected chi connectivity index (χ1v) is 6.36. The van der Waals surface area contributed by atoms with Crippen molar-refractivity contribution < 1.29 is 9.53 Å². The number of hydrogen-bond acceptors (Lipinski definition) is 3. The van der Waals surface area contributed by atoms with Gasteiger partial charge >= 0.3 is 6.09 Å². The molecule has 1 aliphatic rings. The molecule has 0 aromatic heterocycles. The van der Waals surface area contributed by atoms with Crippen LogP contribution in [0.4, 0.5) is 4.79 Å². The number of benzene rings is 1. The van der Waals surface area contributed by atoms with Crippen molar-refractivity contribution in [1.29, 1.82) is 0 Å². The van der Waals surface area contributed by atoms with Gasteiger partial charge in [0.1, 0.15) is 6.61 Å².